The summed E-state index contributed by atoms with van der Waals surface area (Å²) in [6.07, 6.45) is 9.39. The molecule has 0 unspecified atom stereocenters. The van der Waals surface area contributed by atoms with E-state index in [0.29, 0.717) is 54.0 Å². The van der Waals surface area contributed by atoms with Crippen LogP contribution in [0.4, 0.5) is 17.5 Å². The van der Waals surface area contributed by atoms with Crippen LogP contribution in [0, 0.1) is 0 Å². The van der Waals surface area contributed by atoms with Gasteiger partial charge >= 0.3 is 0 Å². The number of hydrogen-bond acceptors (Lipinski definition) is 12. The highest BCUT2D eigenvalue weighted by atomic mass is 32.2. The van der Waals surface area contributed by atoms with Crippen LogP contribution in [0.25, 0.3) is 10.9 Å². The average Bonchev–Trinajstić information content (AvgIpc) is 2.94. The van der Waals surface area contributed by atoms with Gasteiger partial charge in [0.1, 0.15) is 18.5 Å². The quantitative estimate of drug-likeness (QED) is 0.340. The highest BCUT2D eigenvalue weighted by Crippen LogP contribution is 2.33. The van der Waals surface area contributed by atoms with Gasteiger partial charge in [-0.3, -0.25) is 9.71 Å². The van der Waals surface area contributed by atoms with E-state index in [4.69, 9.17) is 19.2 Å². The molecule has 2 fully saturated rings. The third-order valence-electron chi connectivity index (χ3n) is 6.99. The number of morpholine rings is 1. The monoisotopic (exact) mass is 586 g/mol. The van der Waals surface area contributed by atoms with Crippen LogP contribution in [-0.2, 0) is 14.8 Å². The van der Waals surface area contributed by atoms with E-state index in [1.165, 1.54) is 6.20 Å². The number of fused-ring (bicyclic) bond motifs is 1. The zero-order chi connectivity index (χ0) is 28.8. The summed E-state index contributed by atoms with van der Waals surface area (Å²) in [6.45, 7) is 4.13. The van der Waals surface area contributed by atoms with Crippen molar-refractivity contribution < 1.29 is 22.6 Å². The molecule has 0 radical (unpaired) electrons. The smallest absolute Gasteiger partial charge is 0.229 e. The minimum Gasteiger partial charge on any atom is -0.489 e. The van der Waals surface area contributed by atoms with E-state index < -0.39 is 10.0 Å². The summed E-state index contributed by atoms with van der Waals surface area (Å²) in [7, 11) is 0.549. The van der Waals surface area contributed by atoms with Crippen LogP contribution in [0.5, 0.6) is 11.6 Å². The molecule has 5 rings (SSSR count). The first kappa shape index (κ1) is 29.0. The second kappa shape index (κ2) is 13.0. The molecule has 0 aromatic carbocycles. The number of nitrogens with one attached hydrogen (secondary N) is 2. The number of likely N-dealkylation sites (N-methyl/N-ethyl adjacent to an activating group) is 1. The molecule has 1 aliphatic heterocycles. The van der Waals surface area contributed by atoms with Crippen LogP contribution in [0.15, 0.2) is 30.7 Å². The summed E-state index contributed by atoms with van der Waals surface area (Å²) in [5.74, 6) is 2.46. The molecule has 1 saturated heterocycles. The largest absolute Gasteiger partial charge is 0.489 e. The van der Waals surface area contributed by atoms with Crippen molar-refractivity contribution in [1.29, 1.82) is 0 Å². The molecule has 222 valence electrons. The lowest BCUT2D eigenvalue weighted by Gasteiger charge is -2.31. The SMILES string of the molecule is CN(C)CCOc1cnc(NC2CCC(Oc3nc(N4CCOCC4)cc4ncc(NS(C)(=O)=O)cc34)CC2)nc1. The third-order valence-corrected chi connectivity index (χ3v) is 7.60. The highest BCUT2D eigenvalue weighted by Gasteiger charge is 2.25. The Balaban J connectivity index is 1.24. The molecule has 1 aliphatic carbocycles. The van der Waals surface area contributed by atoms with Crippen molar-refractivity contribution in [2.45, 2.75) is 37.8 Å². The molecule has 0 bridgehead atoms. The summed E-state index contributed by atoms with van der Waals surface area (Å²) < 4.78 is 43.8. The lowest BCUT2D eigenvalue weighted by atomic mass is 9.93. The Hall–Kier alpha value is -3.49. The molecule has 0 atom stereocenters. The van der Waals surface area contributed by atoms with Gasteiger partial charge < -0.3 is 29.3 Å². The summed E-state index contributed by atoms with van der Waals surface area (Å²) in [5, 5.41) is 4.09. The average molecular weight is 587 g/mol. The van der Waals surface area contributed by atoms with Crippen LogP contribution in [0.2, 0.25) is 0 Å². The van der Waals surface area contributed by atoms with Crippen molar-refractivity contribution in [2.24, 2.45) is 0 Å². The first-order valence-electron chi connectivity index (χ1n) is 13.9. The van der Waals surface area contributed by atoms with Crippen molar-refractivity contribution in [3.63, 3.8) is 0 Å². The first-order valence-corrected chi connectivity index (χ1v) is 15.7. The van der Waals surface area contributed by atoms with Gasteiger partial charge in [0.15, 0.2) is 5.75 Å². The van der Waals surface area contributed by atoms with Crippen molar-refractivity contribution in [3.8, 4) is 11.6 Å². The molecule has 0 spiro atoms. The maximum Gasteiger partial charge on any atom is 0.229 e. The maximum absolute atomic E-state index is 11.8. The number of sulfonamides is 1. The second-order valence-electron chi connectivity index (χ2n) is 10.7. The van der Waals surface area contributed by atoms with Crippen LogP contribution < -0.4 is 24.4 Å². The number of ether oxygens (including phenoxy) is 3. The molecule has 14 heteroatoms. The van der Waals surface area contributed by atoms with Gasteiger partial charge in [0.2, 0.25) is 21.9 Å². The minimum atomic E-state index is -3.45. The zero-order valence-electron chi connectivity index (χ0n) is 23.7. The molecule has 3 aromatic rings. The maximum atomic E-state index is 11.8. The van der Waals surface area contributed by atoms with E-state index in [-0.39, 0.29) is 12.1 Å². The number of nitrogens with zero attached hydrogens (tertiary/aromatic N) is 6. The standard InChI is InChI=1S/C27H38N8O5S/c1-34(2)8-13-39-22-17-29-27(30-18-22)31-19-4-6-21(7-5-19)40-26-23-14-20(33-41(3,36)37)16-28-24(23)15-25(32-26)35-9-11-38-12-10-35/h14-19,21,33H,4-13H2,1-3H3,(H,29,30,31). The fourth-order valence-corrected chi connectivity index (χ4v) is 5.41. The van der Waals surface area contributed by atoms with E-state index in [2.05, 4.69) is 34.8 Å². The van der Waals surface area contributed by atoms with E-state index >= 15 is 0 Å². The molecule has 1 saturated carbocycles. The predicted octanol–water partition coefficient (Wildman–Crippen LogP) is 2.37. The first-order chi connectivity index (χ1) is 19.7. The van der Waals surface area contributed by atoms with Gasteiger partial charge in [-0.05, 0) is 45.8 Å². The molecular weight excluding hydrogens is 548 g/mol. The van der Waals surface area contributed by atoms with Gasteiger partial charge in [0.05, 0.1) is 54.7 Å². The van der Waals surface area contributed by atoms with Gasteiger partial charge in [-0.2, -0.15) is 4.98 Å². The van der Waals surface area contributed by atoms with Crippen molar-refractivity contribution in [1.82, 2.24) is 24.8 Å². The molecule has 13 nitrogen and oxygen atoms in total. The number of hydrogen-bond donors (Lipinski definition) is 2. The fourth-order valence-electron chi connectivity index (χ4n) is 4.87. The molecule has 2 aliphatic rings. The number of anilines is 3. The van der Waals surface area contributed by atoms with Crippen LogP contribution in [-0.4, -0.2) is 105 Å². The minimum absolute atomic E-state index is 0.0383. The Labute approximate surface area is 240 Å². The molecule has 0 amide bonds. The van der Waals surface area contributed by atoms with Gasteiger partial charge in [-0.1, -0.05) is 0 Å². The Bertz CT molecular complexity index is 1410. The summed E-state index contributed by atoms with van der Waals surface area (Å²) >= 11 is 0. The van der Waals surface area contributed by atoms with Crippen molar-refractivity contribution in [2.75, 3.05) is 74.7 Å². The summed E-state index contributed by atoms with van der Waals surface area (Å²) in [6, 6.07) is 3.87. The predicted molar refractivity (Wildman–Crippen MR) is 157 cm³/mol. The number of aromatic nitrogens is 4. The van der Waals surface area contributed by atoms with Gasteiger partial charge in [0, 0.05) is 31.7 Å². The van der Waals surface area contributed by atoms with Crippen LogP contribution in [0.3, 0.4) is 0 Å². The van der Waals surface area contributed by atoms with Gasteiger partial charge in [-0.25, -0.2) is 18.4 Å². The zero-order valence-corrected chi connectivity index (χ0v) is 24.6. The Morgan fingerprint density at radius 3 is 2.46 bits per heavy atom. The van der Waals surface area contributed by atoms with E-state index in [0.717, 1.165) is 57.4 Å². The Kier molecular flexibility index (Phi) is 9.20. The molecule has 4 heterocycles. The molecular formula is C27H38N8O5S. The van der Waals surface area contributed by atoms with Crippen molar-refractivity contribution >= 4 is 38.4 Å². The molecule has 3 aromatic heterocycles. The van der Waals surface area contributed by atoms with E-state index in [1.807, 2.05) is 20.2 Å². The van der Waals surface area contributed by atoms with Gasteiger partial charge in [0.25, 0.3) is 0 Å². The van der Waals surface area contributed by atoms with Gasteiger partial charge in [-0.15, -0.1) is 0 Å². The van der Waals surface area contributed by atoms with Crippen molar-refractivity contribution in [3.05, 3.63) is 30.7 Å². The normalized spacial score (nSPS) is 19.8. The Morgan fingerprint density at radius 1 is 1.05 bits per heavy atom. The molecule has 2 N–H and O–H groups in total. The van der Waals surface area contributed by atoms with E-state index in [1.54, 1.807) is 18.5 Å². The third kappa shape index (κ3) is 8.27. The topological polar surface area (TPSA) is 144 Å². The molecule has 41 heavy (non-hydrogen) atoms. The van der Waals surface area contributed by atoms with E-state index in [9.17, 15) is 8.42 Å². The lowest BCUT2D eigenvalue weighted by Crippen LogP contribution is -2.37. The van der Waals surface area contributed by atoms with Crippen LogP contribution >= 0.6 is 0 Å². The Morgan fingerprint density at radius 2 is 1.78 bits per heavy atom. The number of pyridine rings is 2. The highest BCUT2D eigenvalue weighted by molar-refractivity contribution is 7.92. The van der Waals surface area contributed by atoms with Crippen LogP contribution in [0.1, 0.15) is 25.7 Å². The summed E-state index contributed by atoms with van der Waals surface area (Å²) in [4.78, 5) is 22.4. The summed E-state index contributed by atoms with van der Waals surface area (Å²) in [5.41, 5.74) is 1.06. The lowest BCUT2D eigenvalue weighted by molar-refractivity contribution is 0.122. The fraction of sp³-hybridized carbons (Fsp3) is 0.556. The number of rotatable bonds is 11. The second-order valence-corrected chi connectivity index (χ2v) is 12.4.